The van der Waals surface area contributed by atoms with Gasteiger partial charge in [0.25, 0.3) is 0 Å². The van der Waals surface area contributed by atoms with E-state index >= 15 is 0 Å². The summed E-state index contributed by atoms with van der Waals surface area (Å²) in [4.78, 5) is 5.27. The monoisotopic (exact) mass is 310 g/mol. The topological polar surface area (TPSA) is 24.3 Å². The third-order valence-corrected chi connectivity index (χ3v) is 5.49. The van der Waals surface area contributed by atoms with E-state index in [1.807, 2.05) is 6.07 Å². The van der Waals surface area contributed by atoms with Crippen LogP contribution < -0.4 is 0 Å². The summed E-state index contributed by atoms with van der Waals surface area (Å²) in [6.07, 6.45) is 6.16. The largest absolute Gasteiger partial charge is 0.299 e. The van der Waals surface area contributed by atoms with Crippen molar-refractivity contribution < 1.29 is 0 Å². The Morgan fingerprint density at radius 3 is 2.61 bits per heavy atom. The molecule has 4 rings (SSSR count). The number of hydrogen-bond donors (Lipinski definition) is 0. The summed E-state index contributed by atoms with van der Waals surface area (Å²) in [5.74, 6) is 0. The molecule has 122 valence electrons. The minimum absolute atomic E-state index is 0.623. The van der Waals surface area contributed by atoms with E-state index in [9.17, 15) is 0 Å². The molecule has 3 heterocycles. The van der Waals surface area contributed by atoms with Gasteiger partial charge in [-0.05, 0) is 45.3 Å². The fourth-order valence-electron chi connectivity index (χ4n) is 4.14. The first kappa shape index (κ1) is 14.9. The molecule has 2 unspecified atom stereocenters. The lowest BCUT2D eigenvalue weighted by atomic mass is 10.1. The second-order valence-corrected chi connectivity index (χ2v) is 6.90. The molecule has 0 radical (unpaired) electrons. The van der Waals surface area contributed by atoms with E-state index in [4.69, 9.17) is 5.10 Å². The van der Waals surface area contributed by atoms with Crippen molar-refractivity contribution in [3.63, 3.8) is 0 Å². The number of nitrogens with zero attached hydrogens (tertiary/aromatic N) is 4. The number of hydrogen-bond acceptors (Lipinski definition) is 3. The van der Waals surface area contributed by atoms with Crippen LogP contribution in [0.3, 0.4) is 0 Å². The van der Waals surface area contributed by atoms with Crippen LogP contribution in [-0.4, -0.2) is 51.3 Å². The molecule has 1 aromatic heterocycles. The van der Waals surface area contributed by atoms with Crippen LogP contribution in [0, 0.1) is 0 Å². The summed E-state index contributed by atoms with van der Waals surface area (Å²) >= 11 is 0. The maximum absolute atomic E-state index is 4.76. The van der Waals surface area contributed by atoms with Gasteiger partial charge in [-0.15, -0.1) is 0 Å². The van der Waals surface area contributed by atoms with Crippen LogP contribution in [0.5, 0.6) is 0 Å². The van der Waals surface area contributed by atoms with Crippen molar-refractivity contribution in [2.24, 2.45) is 0 Å². The van der Waals surface area contributed by atoms with Crippen molar-refractivity contribution in [1.82, 2.24) is 19.6 Å². The van der Waals surface area contributed by atoms with Gasteiger partial charge in [0.15, 0.2) is 0 Å². The maximum Gasteiger partial charge on any atom is 0.0931 e. The zero-order chi connectivity index (χ0) is 15.6. The van der Waals surface area contributed by atoms with Gasteiger partial charge >= 0.3 is 0 Å². The van der Waals surface area contributed by atoms with Crippen LogP contribution in [0.25, 0.3) is 11.3 Å². The summed E-state index contributed by atoms with van der Waals surface area (Å²) in [7, 11) is 0. The Labute approximate surface area is 138 Å². The molecule has 0 amide bonds. The van der Waals surface area contributed by atoms with Crippen molar-refractivity contribution in [2.45, 2.75) is 44.9 Å². The van der Waals surface area contributed by atoms with E-state index < -0.39 is 0 Å². The molecule has 0 saturated carbocycles. The Balaban J connectivity index is 1.42. The van der Waals surface area contributed by atoms with Crippen LogP contribution in [0.2, 0.25) is 0 Å². The third-order valence-electron chi connectivity index (χ3n) is 5.49. The molecule has 2 aromatic rings. The molecule has 2 saturated heterocycles. The van der Waals surface area contributed by atoms with Gasteiger partial charge in [0.2, 0.25) is 0 Å². The molecule has 0 bridgehead atoms. The molecule has 2 aliphatic rings. The molecule has 2 fully saturated rings. The van der Waals surface area contributed by atoms with Crippen molar-refractivity contribution in [3.05, 3.63) is 42.6 Å². The molecule has 1 aromatic carbocycles. The lowest BCUT2D eigenvalue weighted by molar-refractivity contribution is 0.146. The number of likely N-dealkylation sites (tertiary alicyclic amines) is 2. The first-order valence-corrected chi connectivity index (χ1v) is 8.88. The molecule has 2 atom stereocenters. The molecular formula is C19H26N4. The van der Waals surface area contributed by atoms with E-state index in [0.29, 0.717) is 6.04 Å². The Morgan fingerprint density at radius 1 is 1.04 bits per heavy atom. The van der Waals surface area contributed by atoms with Gasteiger partial charge in [-0.25, -0.2) is 0 Å². The zero-order valence-electron chi connectivity index (χ0n) is 13.9. The minimum Gasteiger partial charge on any atom is -0.299 e. The highest BCUT2D eigenvalue weighted by Gasteiger charge is 2.35. The zero-order valence-corrected chi connectivity index (χ0v) is 13.9. The summed E-state index contributed by atoms with van der Waals surface area (Å²) in [5, 5.41) is 4.76. The summed E-state index contributed by atoms with van der Waals surface area (Å²) < 4.78 is 2.09. The number of rotatable bonds is 4. The van der Waals surface area contributed by atoms with Crippen LogP contribution >= 0.6 is 0 Å². The highest BCUT2D eigenvalue weighted by molar-refractivity contribution is 5.57. The highest BCUT2D eigenvalue weighted by atomic mass is 15.4. The molecular weight excluding hydrogens is 284 g/mol. The van der Waals surface area contributed by atoms with Gasteiger partial charge < -0.3 is 0 Å². The van der Waals surface area contributed by atoms with Gasteiger partial charge in [-0.1, -0.05) is 30.3 Å². The van der Waals surface area contributed by atoms with Gasteiger partial charge in [-0.2, -0.15) is 5.10 Å². The molecule has 4 nitrogen and oxygen atoms in total. The quantitative estimate of drug-likeness (QED) is 0.867. The van der Waals surface area contributed by atoms with E-state index in [1.54, 1.807) is 0 Å². The fourth-order valence-corrected chi connectivity index (χ4v) is 4.14. The normalized spacial score (nSPS) is 26.1. The number of aromatic nitrogens is 2. The van der Waals surface area contributed by atoms with Gasteiger partial charge in [0.05, 0.1) is 12.4 Å². The van der Waals surface area contributed by atoms with Crippen molar-refractivity contribution >= 4 is 0 Å². The van der Waals surface area contributed by atoms with Crippen molar-refractivity contribution in [1.29, 1.82) is 0 Å². The number of benzene rings is 1. The molecule has 2 aliphatic heterocycles. The van der Waals surface area contributed by atoms with Gasteiger partial charge in [0.1, 0.15) is 0 Å². The summed E-state index contributed by atoms with van der Waals surface area (Å²) in [5.41, 5.74) is 2.25. The maximum atomic E-state index is 4.76. The molecule has 0 N–H and O–H groups in total. The lowest BCUT2D eigenvalue weighted by Gasteiger charge is -2.30. The fraction of sp³-hybridized carbons (Fsp3) is 0.526. The van der Waals surface area contributed by atoms with Gasteiger partial charge in [0, 0.05) is 30.4 Å². The first-order chi connectivity index (χ1) is 11.3. The lowest BCUT2D eigenvalue weighted by Crippen LogP contribution is -2.42. The predicted octanol–water partition coefficient (Wildman–Crippen LogP) is 3.07. The Morgan fingerprint density at radius 2 is 1.83 bits per heavy atom. The molecule has 23 heavy (non-hydrogen) atoms. The van der Waals surface area contributed by atoms with Gasteiger partial charge in [-0.3, -0.25) is 14.5 Å². The first-order valence-electron chi connectivity index (χ1n) is 8.88. The van der Waals surface area contributed by atoms with E-state index in [-0.39, 0.29) is 0 Å². The smallest absolute Gasteiger partial charge is 0.0931 e. The summed E-state index contributed by atoms with van der Waals surface area (Å²) in [6, 6.07) is 13.9. The second kappa shape index (κ2) is 6.46. The third kappa shape index (κ3) is 3.06. The van der Waals surface area contributed by atoms with Crippen LogP contribution in [0.1, 0.15) is 26.2 Å². The highest BCUT2D eigenvalue weighted by Crippen LogP contribution is 2.26. The minimum atomic E-state index is 0.623. The average Bonchev–Trinajstić information content (AvgIpc) is 3.31. The Hall–Kier alpha value is -1.65. The summed E-state index contributed by atoms with van der Waals surface area (Å²) in [6.45, 7) is 7.06. The molecule has 0 aliphatic carbocycles. The predicted molar refractivity (Wildman–Crippen MR) is 93.0 cm³/mol. The van der Waals surface area contributed by atoms with E-state index in [2.05, 4.69) is 57.9 Å². The van der Waals surface area contributed by atoms with Crippen LogP contribution in [0.15, 0.2) is 42.6 Å². The Kier molecular flexibility index (Phi) is 4.19. The second-order valence-electron chi connectivity index (χ2n) is 6.90. The van der Waals surface area contributed by atoms with Crippen LogP contribution in [-0.2, 0) is 6.67 Å². The molecule has 0 spiro atoms. The SMILES string of the molecule is CC1C(N2CCCC2)CCN1Cn1ccc(-c2ccccc2)n1. The standard InChI is InChI=1S/C19H26N4/c1-16-19(21-11-5-6-12-21)10-13-22(16)15-23-14-9-18(20-23)17-7-3-2-4-8-17/h2-4,7-9,14,16,19H,5-6,10-13,15H2,1H3. The van der Waals surface area contributed by atoms with E-state index in [1.165, 1.54) is 44.5 Å². The van der Waals surface area contributed by atoms with Crippen LogP contribution in [0.4, 0.5) is 0 Å². The average molecular weight is 310 g/mol. The van der Waals surface area contributed by atoms with Crippen molar-refractivity contribution in [2.75, 3.05) is 19.6 Å². The Bertz CT molecular complexity index is 630. The van der Waals surface area contributed by atoms with Crippen molar-refractivity contribution in [3.8, 4) is 11.3 Å². The molecule has 4 heteroatoms. The van der Waals surface area contributed by atoms with E-state index in [0.717, 1.165) is 18.4 Å².